The average Bonchev–Trinajstić information content (AvgIpc) is 3.38. The van der Waals surface area contributed by atoms with Crippen LogP contribution in [0, 0.1) is 0 Å². The predicted molar refractivity (Wildman–Crippen MR) is 150 cm³/mol. The van der Waals surface area contributed by atoms with E-state index in [2.05, 4.69) is 20.4 Å². The van der Waals surface area contributed by atoms with Gasteiger partial charge in [-0.2, -0.15) is 0 Å². The zero-order valence-corrected chi connectivity index (χ0v) is 23.4. The Morgan fingerprint density at radius 2 is 1.84 bits per heavy atom. The van der Waals surface area contributed by atoms with Crippen LogP contribution in [-0.4, -0.2) is 99.6 Å². The second-order valence-electron chi connectivity index (χ2n) is 9.75. The molecule has 0 aliphatic carbocycles. The van der Waals surface area contributed by atoms with E-state index >= 15 is 0 Å². The van der Waals surface area contributed by atoms with E-state index < -0.39 is 0 Å². The number of halogens is 1. The SMILES string of the molecule is CN(CCN1CCOCC1)CC(CNC(=O)c1ccc(N2CCCCC2=O)cc1)NC(=O)c1ccc(Cl)s1. The summed E-state index contributed by atoms with van der Waals surface area (Å²) >= 11 is 7.24. The molecule has 1 atom stereocenters. The van der Waals surface area contributed by atoms with Crippen LogP contribution in [0.25, 0.3) is 0 Å². The number of hydrogen-bond acceptors (Lipinski definition) is 7. The van der Waals surface area contributed by atoms with E-state index in [4.69, 9.17) is 16.3 Å². The highest BCUT2D eigenvalue weighted by Crippen LogP contribution is 2.22. The fraction of sp³-hybridized carbons (Fsp3) is 0.519. The number of amides is 3. The lowest BCUT2D eigenvalue weighted by atomic mass is 10.1. The summed E-state index contributed by atoms with van der Waals surface area (Å²) in [5, 5.41) is 6.03. The lowest BCUT2D eigenvalue weighted by Gasteiger charge is -2.30. The maximum atomic E-state index is 12.9. The Labute approximate surface area is 233 Å². The quantitative estimate of drug-likeness (QED) is 0.438. The van der Waals surface area contributed by atoms with Crippen LogP contribution in [0.2, 0.25) is 4.34 Å². The minimum atomic E-state index is -0.299. The van der Waals surface area contributed by atoms with Crippen molar-refractivity contribution < 1.29 is 19.1 Å². The van der Waals surface area contributed by atoms with Crippen LogP contribution in [0.3, 0.4) is 0 Å². The fourth-order valence-corrected chi connectivity index (χ4v) is 5.59. The van der Waals surface area contributed by atoms with Gasteiger partial charge in [0.2, 0.25) is 5.91 Å². The van der Waals surface area contributed by atoms with Gasteiger partial charge in [-0.1, -0.05) is 11.6 Å². The molecule has 1 aromatic carbocycles. The van der Waals surface area contributed by atoms with E-state index in [0.29, 0.717) is 34.3 Å². The Balaban J connectivity index is 1.33. The molecule has 0 saturated carbocycles. The molecule has 0 radical (unpaired) electrons. The van der Waals surface area contributed by atoms with Gasteiger partial charge < -0.3 is 25.2 Å². The molecular formula is C27H36ClN5O4S. The molecule has 1 unspecified atom stereocenters. The molecule has 0 spiro atoms. The summed E-state index contributed by atoms with van der Waals surface area (Å²) in [6.45, 7) is 6.67. The van der Waals surface area contributed by atoms with Crippen molar-refractivity contribution in [3.8, 4) is 0 Å². The van der Waals surface area contributed by atoms with Gasteiger partial charge >= 0.3 is 0 Å². The van der Waals surface area contributed by atoms with Crippen LogP contribution in [0.5, 0.6) is 0 Å². The van der Waals surface area contributed by atoms with Crippen LogP contribution in [0.15, 0.2) is 36.4 Å². The second kappa shape index (κ2) is 14.0. The number of carbonyl (C=O) groups is 3. The number of nitrogens with one attached hydrogen (secondary N) is 2. The minimum Gasteiger partial charge on any atom is -0.379 e. The van der Waals surface area contributed by atoms with Crippen molar-refractivity contribution in [2.24, 2.45) is 0 Å². The lowest BCUT2D eigenvalue weighted by molar-refractivity contribution is -0.119. The Bertz CT molecular complexity index is 1090. The maximum absolute atomic E-state index is 12.9. The van der Waals surface area contributed by atoms with Crippen molar-refractivity contribution in [2.75, 3.05) is 71.0 Å². The van der Waals surface area contributed by atoms with Crippen molar-refractivity contribution in [1.82, 2.24) is 20.4 Å². The first kappa shape index (κ1) is 28.5. The van der Waals surface area contributed by atoms with Gasteiger partial charge in [0.15, 0.2) is 0 Å². The van der Waals surface area contributed by atoms with E-state index in [1.807, 2.05) is 19.2 Å². The van der Waals surface area contributed by atoms with Gasteiger partial charge in [-0.15, -0.1) is 11.3 Å². The summed E-state index contributed by atoms with van der Waals surface area (Å²) < 4.78 is 5.98. The average molecular weight is 562 g/mol. The zero-order chi connectivity index (χ0) is 26.9. The van der Waals surface area contributed by atoms with Crippen molar-refractivity contribution in [3.05, 3.63) is 51.2 Å². The molecule has 38 heavy (non-hydrogen) atoms. The van der Waals surface area contributed by atoms with E-state index in [1.165, 1.54) is 11.3 Å². The molecule has 4 rings (SSSR count). The number of benzene rings is 1. The summed E-state index contributed by atoms with van der Waals surface area (Å²) in [5.74, 6) is -0.314. The number of morpholine rings is 1. The molecule has 2 aliphatic rings. The predicted octanol–water partition coefficient (Wildman–Crippen LogP) is 2.71. The fourth-order valence-electron chi connectivity index (χ4n) is 4.65. The van der Waals surface area contributed by atoms with Gasteiger partial charge in [0.05, 0.1) is 28.5 Å². The highest BCUT2D eigenvalue weighted by molar-refractivity contribution is 7.18. The molecule has 2 aromatic rings. The summed E-state index contributed by atoms with van der Waals surface area (Å²) in [5.41, 5.74) is 1.32. The third-order valence-electron chi connectivity index (χ3n) is 6.84. The van der Waals surface area contributed by atoms with Crippen LogP contribution < -0.4 is 15.5 Å². The van der Waals surface area contributed by atoms with Crippen LogP contribution in [0.1, 0.15) is 39.3 Å². The molecule has 2 saturated heterocycles. The van der Waals surface area contributed by atoms with Crippen molar-refractivity contribution >= 4 is 46.3 Å². The van der Waals surface area contributed by atoms with Gasteiger partial charge in [0.1, 0.15) is 0 Å². The molecule has 9 nitrogen and oxygen atoms in total. The molecule has 2 N–H and O–H groups in total. The number of carbonyl (C=O) groups excluding carboxylic acids is 3. The molecular weight excluding hydrogens is 526 g/mol. The standard InChI is InChI=1S/C27H36ClN5O4S/c1-31(12-13-32-14-16-37-17-15-32)19-21(30-27(36)23-9-10-24(28)38-23)18-29-26(35)20-5-7-22(8-6-20)33-11-3-2-4-25(33)34/h5-10,21H,2-4,11-19H2,1H3,(H,29,35)(H,30,36). The third kappa shape index (κ3) is 8.25. The van der Waals surface area contributed by atoms with Crippen molar-refractivity contribution in [1.29, 1.82) is 0 Å². The molecule has 2 aliphatic heterocycles. The van der Waals surface area contributed by atoms with Crippen LogP contribution in [-0.2, 0) is 9.53 Å². The molecule has 206 valence electrons. The lowest BCUT2D eigenvalue weighted by Crippen LogP contribution is -2.50. The largest absolute Gasteiger partial charge is 0.379 e. The normalized spacial score (nSPS) is 17.4. The first-order valence-corrected chi connectivity index (χ1v) is 14.3. The number of hydrogen-bond donors (Lipinski definition) is 2. The first-order valence-electron chi connectivity index (χ1n) is 13.1. The van der Waals surface area contributed by atoms with Gasteiger partial charge in [0.25, 0.3) is 11.8 Å². The van der Waals surface area contributed by atoms with E-state index in [9.17, 15) is 14.4 Å². The smallest absolute Gasteiger partial charge is 0.261 e. The molecule has 1 aromatic heterocycles. The number of ether oxygens (including phenoxy) is 1. The van der Waals surface area contributed by atoms with Gasteiger partial charge in [-0.25, -0.2) is 0 Å². The molecule has 11 heteroatoms. The highest BCUT2D eigenvalue weighted by Gasteiger charge is 2.21. The van der Waals surface area contributed by atoms with E-state index in [-0.39, 0.29) is 30.3 Å². The van der Waals surface area contributed by atoms with Gasteiger partial charge in [-0.05, 0) is 56.3 Å². The monoisotopic (exact) mass is 561 g/mol. The second-order valence-corrected chi connectivity index (χ2v) is 11.5. The topological polar surface area (TPSA) is 94.2 Å². The van der Waals surface area contributed by atoms with Crippen LogP contribution in [0.4, 0.5) is 5.69 Å². The van der Waals surface area contributed by atoms with Crippen molar-refractivity contribution in [2.45, 2.75) is 25.3 Å². The zero-order valence-electron chi connectivity index (χ0n) is 21.8. The van der Waals surface area contributed by atoms with E-state index in [1.54, 1.807) is 29.2 Å². The van der Waals surface area contributed by atoms with E-state index in [0.717, 1.165) is 57.9 Å². The number of thiophene rings is 1. The molecule has 0 bridgehead atoms. The Morgan fingerprint density at radius 3 is 2.53 bits per heavy atom. The number of piperidine rings is 1. The minimum absolute atomic E-state index is 0.122. The number of nitrogens with zero attached hydrogens (tertiary/aromatic N) is 3. The van der Waals surface area contributed by atoms with Gasteiger partial charge in [0, 0.05) is 63.5 Å². The van der Waals surface area contributed by atoms with Crippen LogP contribution >= 0.6 is 22.9 Å². The molecule has 3 amide bonds. The Morgan fingerprint density at radius 1 is 1.08 bits per heavy atom. The molecule has 3 heterocycles. The number of anilines is 1. The summed E-state index contributed by atoms with van der Waals surface area (Å²) in [4.78, 5) is 44.8. The Kier molecular flexibility index (Phi) is 10.5. The number of likely N-dealkylation sites (N-methyl/N-ethyl adjacent to an activating group) is 1. The summed E-state index contributed by atoms with van der Waals surface area (Å²) in [6, 6.07) is 10.2. The van der Waals surface area contributed by atoms with Gasteiger partial charge in [-0.3, -0.25) is 19.3 Å². The molecule has 2 fully saturated rings. The number of rotatable bonds is 11. The summed E-state index contributed by atoms with van der Waals surface area (Å²) in [7, 11) is 2.02. The Hall–Kier alpha value is -2.50. The first-order chi connectivity index (χ1) is 18.4. The summed E-state index contributed by atoms with van der Waals surface area (Å²) in [6.07, 6.45) is 2.48. The maximum Gasteiger partial charge on any atom is 0.261 e. The highest BCUT2D eigenvalue weighted by atomic mass is 35.5. The van der Waals surface area contributed by atoms with Crippen molar-refractivity contribution in [3.63, 3.8) is 0 Å². The third-order valence-corrected chi connectivity index (χ3v) is 8.07.